The molecule has 0 aliphatic carbocycles. The zero-order valence-electron chi connectivity index (χ0n) is 11.7. The number of hydrogen-bond acceptors (Lipinski definition) is 4. The van der Waals surface area contributed by atoms with Crippen molar-refractivity contribution in [3.05, 3.63) is 24.0 Å². The fourth-order valence-electron chi connectivity index (χ4n) is 1.61. The first-order valence-electron chi connectivity index (χ1n) is 6.06. The van der Waals surface area contributed by atoms with Crippen molar-refractivity contribution >= 4 is 17.5 Å². The van der Waals surface area contributed by atoms with Crippen LogP contribution in [0.3, 0.4) is 0 Å². The van der Waals surface area contributed by atoms with Gasteiger partial charge < -0.3 is 16.0 Å². The maximum atomic E-state index is 11.8. The Kier molecular flexibility index (Phi) is 4.86. The van der Waals surface area contributed by atoms with Crippen LogP contribution in [0.25, 0.3) is 0 Å². The van der Waals surface area contributed by atoms with E-state index >= 15 is 0 Å². The lowest BCUT2D eigenvalue weighted by atomic mass is 10.0. The molecule has 1 aromatic heterocycles. The van der Waals surface area contributed by atoms with Gasteiger partial charge in [0.15, 0.2) is 0 Å². The second kappa shape index (κ2) is 6.17. The summed E-state index contributed by atoms with van der Waals surface area (Å²) in [6, 6.07) is 2.83. The van der Waals surface area contributed by atoms with Crippen LogP contribution in [-0.2, 0) is 4.79 Å². The summed E-state index contributed by atoms with van der Waals surface area (Å²) in [7, 11) is 3.31. The number of pyridine rings is 1. The van der Waals surface area contributed by atoms with Gasteiger partial charge in [-0.05, 0) is 18.1 Å². The quantitative estimate of drug-likeness (QED) is 0.819. The largest absolute Gasteiger partial charge is 0.373 e. The SMILES string of the molecule is CC(C)C(Nc1ccnc(C(=O)N(C)C)c1)C(N)=O. The Labute approximate surface area is 113 Å². The molecule has 0 bridgehead atoms. The van der Waals surface area contributed by atoms with Crippen LogP contribution in [0.1, 0.15) is 24.3 Å². The Morgan fingerprint density at radius 1 is 1.37 bits per heavy atom. The molecular weight excluding hydrogens is 244 g/mol. The number of primary amides is 1. The number of aromatic nitrogens is 1. The fourth-order valence-corrected chi connectivity index (χ4v) is 1.61. The molecule has 19 heavy (non-hydrogen) atoms. The van der Waals surface area contributed by atoms with Gasteiger partial charge in [-0.3, -0.25) is 14.6 Å². The Morgan fingerprint density at radius 2 is 2.00 bits per heavy atom. The molecule has 0 aromatic carbocycles. The van der Waals surface area contributed by atoms with E-state index in [9.17, 15) is 9.59 Å². The highest BCUT2D eigenvalue weighted by Gasteiger charge is 2.19. The zero-order valence-corrected chi connectivity index (χ0v) is 11.7. The number of nitrogens with zero attached hydrogens (tertiary/aromatic N) is 2. The molecule has 0 spiro atoms. The molecule has 6 heteroatoms. The van der Waals surface area contributed by atoms with Crippen LogP contribution in [0.4, 0.5) is 5.69 Å². The van der Waals surface area contributed by atoms with E-state index in [-0.39, 0.29) is 11.8 Å². The standard InChI is InChI=1S/C13H20N4O2/c1-8(2)11(12(14)18)16-9-5-6-15-10(7-9)13(19)17(3)4/h5-8,11H,1-4H3,(H2,14,18)(H,15,16). The number of rotatable bonds is 5. The third kappa shape index (κ3) is 3.94. The maximum Gasteiger partial charge on any atom is 0.272 e. The van der Waals surface area contributed by atoms with Crippen LogP contribution in [0.15, 0.2) is 18.3 Å². The van der Waals surface area contributed by atoms with Crippen LogP contribution in [0, 0.1) is 5.92 Å². The molecule has 1 heterocycles. The van der Waals surface area contributed by atoms with Gasteiger partial charge >= 0.3 is 0 Å². The van der Waals surface area contributed by atoms with Gasteiger partial charge in [-0.25, -0.2) is 0 Å². The molecule has 0 radical (unpaired) electrons. The van der Waals surface area contributed by atoms with Gasteiger partial charge in [-0.15, -0.1) is 0 Å². The van der Waals surface area contributed by atoms with E-state index in [1.807, 2.05) is 13.8 Å². The maximum absolute atomic E-state index is 11.8. The van der Waals surface area contributed by atoms with E-state index in [4.69, 9.17) is 5.73 Å². The summed E-state index contributed by atoms with van der Waals surface area (Å²) in [6.45, 7) is 3.80. The lowest BCUT2D eigenvalue weighted by Crippen LogP contribution is -2.39. The van der Waals surface area contributed by atoms with Crippen molar-refractivity contribution in [1.29, 1.82) is 0 Å². The van der Waals surface area contributed by atoms with E-state index in [0.717, 1.165) is 0 Å². The minimum atomic E-state index is -0.482. The van der Waals surface area contributed by atoms with Gasteiger partial charge in [-0.2, -0.15) is 0 Å². The number of carbonyl (C=O) groups excluding carboxylic acids is 2. The number of hydrogen-bond donors (Lipinski definition) is 2. The summed E-state index contributed by atoms with van der Waals surface area (Å²) in [5.74, 6) is -0.560. The summed E-state index contributed by atoms with van der Waals surface area (Å²) in [5, 5.41) is 3.03. The molecule has 0 saturated heterocycles. The topological polar surface area (TPSA) is 88.3 Å². The molecule has 0 fully saturated rings. The van der Waals surface area contributed by atoms with Crippen molar-refractivity contribution in [3.8, 4) is 0 Å². The number of amides is 2. The fraction of sp³-hybridized carbons (Fsp3) is 0.462. The van der Waals surface area contributed by atoms with Gasteiger partial charge in [0.05, 0.1) is 0 Å². The summed E-state index contributed by atoms with van der Waals surface area (Å²) in [4.78, 5) is 28.6. The van der Waals surface area contributed by atoms with E-state index in [1.54, 1.807) is 26.2 Å². The molecule has 3 N–H and O–H groups in total. The first-order chi connectivity index (χ1) is 8.82. The van der Waals surface area contributed by atoms with Gasteiger partial charge in [-0.1, -0.05) is 13.8 Å². The molecule has 104 valence electrons. The highest BCUT2D eigenvalue weighted by atomic mass is 16.2. The number of carbonyl (C=O) groups is 2. The monoisotopic (exact) mass is 264 g/mol. The second-order valence-corrected chi connectivity index (χ2v) is 4.90. The van der Waals surface area contributed by atoms with E-state index in [0.29, 0.717) is 11.4 Å². The Bertz CT molecular complexity index is 471. The summed E-state index contributed by atoms with van der Waals surface area (Å²) < 4.78 is 0. The van der Waals surface area contributed by atoms with Crippen molar-refractivity contribution in [2.24, 2.45) is 11.7 Å². The third-order valence-electron chi connectivity index (χ3n) is 2.68. The highest BCUT2D eigenvalue weighted by molar-refractivity contribution is 5.93. The third-order valence-corrected chi connectivity index (χ3v) is 2.68. The van der Waals surface area contributed by atoms with E-state index in [2.05, 4.69) is 10.3 Å². The molecule has 1 unspecified atom stereocenters. The lowest BCUT2D eigenvalue weighted by Gasteiger charge is -2.20. The van der Waals surface area contributed by atoms with E-state index in [1.165, 1.54) is 11.1 Å². The molecule has 1 atom stereocenters. The van der Waals surface area contributed by atoms with Crippen LogP contribution < -0.4 is 11.1 Å². The summed E-state index contributed by atoms with van der Waals surface area (Å²) in [5.41, 5.74) is 6.31. The number of nitrogens with one attached hydrogen (secondary N) is 1. The van der Waals surface area contributed by atoms with Crippen molar-refractivity contribution in [3.63, 3.8) is 0 Å². The molecule has 2 amide bonds. The van der Waals surface area contributed by atoms with E-state index < -0.39 is 11.9 Å². The second-order valence-electron chi connectivity index (χ2n) is 4.90. The van der Waals surface area contributed by atoms with Crippen LogP contribution in [0.5, 0.6) is 0 Å². The molecule has 0 aliphatic rings. The molecule has 1 aromatic rings. The molecule has 1 rings (SSSR count). The Hall–Kier alpha value is -2.11. The zero-order chi connectivity index (χ0) is 14.6. The molecule has 0 saturated carbocycles. The Morgan fingerprint density at radius 3 is 2.47 bits per heavy atom. The van der Waals surface area contributed by atoms with Crippen LogP contribution in [0.2, 0.25) is 0 Å². The van der Waals surface area contributed by atoms with Crippen molar-refractivity contribution < 1.29 is 9.59 Å². The van der Waals surface area contributed by atoms with Gasteiger partial charge in [0, 0.05) is 26.0 Å². The van der Waals surface area contributed by atoms with Crippen molar-refractivity contribution in [1.82, 2.24) is 9.88 Å². The first kappa shape index (κ1) is 14.9. The number of anilines is 1. The average Bonchev–Trinajstić information content (AvgIpc) is 2.34. The van der Waals surface area contributed by atoms with Crippen LogP contribution >= 0.6 is 0 Å². The molecule has 6 nitrogen and oxygen atoms in total. The predicted octanol–water partition coefficient (Wildman–Crippen LogP) is 0.705. The van der Waals surface area contributed by atoms with Gasteiger partial charge in [0.2, 0.25) is 5.91 Å². The lowest BCUT2D eigenvalue weighted by molar-refractivity contribution is -0.119. The first-order valence-corrected chi connectivity index (χ1v) is 6.06. The summed E-state index contributed by atoms with van der Waals surface area (Å²) in [6.07, 6.45) is 1.53. The van der Waals surface area contributed by atoms with Crippen molar-refractivity contribution in [2.75, 3.05) is 19.4 Å². The summed E-state index contributed by atoms with van der Waals surface area (Å²) >= 11 is 0. The minimum Gasteiger partial charge on any atom is -0.373 e. The average molecular weight is 264 g/mol. The number of nitrogens with two attached hydrogens (primary N) is 1. The van der Waals surface area contributed by atoms with Crippen molar-refractivity contribution in [2.45, 2.75) is 19.9 Å². The smallest absolute Gasteiger partial charge is 0.272 e. The normalized spacial score (nSPS) is 12.1. The Balaban J connectivity index is 2.93. The van der Waals surface area contributed by atoms with Gasteiger partial charge in [0.25, 0.3) is 5.91 Å². The predicted molar refractivity (Wildman–Crippen MR) is 73.7 cm³/mol. The minimum absolute atomic E-state index is 0.0543. The molecular formula is C13H20N4O2. The van der Waals surface area contributed by atoms with Gasteiger partial charge in [0.1, 0.15) is 11.7 Å². The molecule has 0 aliphatic heterocycles. The highest BCUT2D eigenvalue weighted by Crippen LogP contribution is 2.14. The van der Waals surface area contributed by atoms with Crippen LogP contribution in [-0.4, -0.2) is 41.8 Å².